The van der Waals surface area contributed by atoms with Crippen LogP contribution >= 0.6 is 0 Å². The number of aliphatic carboxylic acids is 1. The summed E-state index contributed by atoms with van der Waals surface area (Å²) >= 11 is 0. The Morgan fingerprint density at radius 3 is 2.02 bits per heavy atom. The van der Waals surface area contributed by atoms with Gasteiger partial charge >= 0.3 is 23.9 Å². The van der Waals surface area contributed by atoms with Gasteiger partial charge in [-0.25, -0.2) is 0 Å². The van der Waals surface area contributed by atoms with Crippen LogP contribution in [0.2, 0.25) is 0 Å². The second kappa shape index (κ2) is 17.0. The van der Waals surface area contributed by atoms with Gasteiger partial charge in [0.15, 0.2) is 24.8 Å². The molecule has 15 heteroatoms. The van der Waals surface area contributed by atoms with Gasteiger partial charge < -0.3 is 53.6 Å². The minimum absolute atomic E-state index is 0.0306. The molecule has 15 nitrogen and oxygen atoms in total. The van der Waals surface area contributed by atoms with Crippen molar-refractivity contribution in [3.05, 3.63) is 12.2 Å². The summed E-state index contributed by atoms with van der Waals surface area (Å²) in [5.74, 6) is -1.72. The van der Waals surface area contributed by atoms with E-state index in [-0.39, 0.29) is 53.1 Å². The zero-order valence-corrected chi connectivity index (χ0v) is 38.1. The number of allylic oxidation sites excluding steroid dienone is 1. The molecule has 0 aromatic rings. The Bertz CT molecular complexity index is 1750. The maximum atomic E-state index is 13.2. The largest absolute Gasteiger partial charge is 0.481 e. The van der Waals surface area contributed by atoms with Gasteiger partial charge in [-0.15, -0.1) is 0 Å². The highest BCUT2D eigenvalue weighted by atomic mass is 16.8. The number of hydrogen-bond acceptors (Lipinski definition) is 14. The van der Waals surface area contributed by atoms with Crippen molar-refractivity contribution in [2.75, 3.05) is 13.2 Å². The van der Waals surface area contributed by atoms with Crippen LogP contribution < -0.4 is 0 Å². The van der Waals surface area contributed by atoms with Gasteiger partial charge in [-0.3, -0.25) is 19.2 Å². The first-order valence-corrected chi connectivity index (χ1v) is 22.9. The fourth-order valence-electron chi connectivity index (χ4n) is 15.1. The molecular weight excluding hydrogens is 805 g/mol. The lowest BCUT2D eigenvalue weighted by atomic mass is 9.32. The van der Waals surface area contributed by atoms with E-state index in [1.807, 2.05) is 0 Å². The Kier molecular flexibility index (Phi) is 12.9. The summed E-state index contributed by atoms with van der Waals surface area (Å²) in [5, 5.41) is 44.1. The van der Waals surface area contributed by atoms with Gasteiger partial charge in [0.05, 0.1) is 30.8 Å². The Hall–Kier alpha value is -2.66. The third kappa shape index (κ3) is 7.54. The molecule has 7 rings (SSSR count). The molecule has 0 aromatic heterocycles. The quantitative estimate of drug-likeness (QED) is 0.0974. The van der Waals surface area contributed by atoms with Gasteiger partial charge in [0.1, 0.15) is 24.4 Å². The number of rotatable bonds is 10. The lowest BCUT2D eigenvalue weighted by Gasteiger charge is -2.73. The Balaban J connectivity index is 1.18. The zero-order valence-electron chi connectivity index (χ0n) is 38.1. The molecular formula is C47H72O15. The Morgan fingerprint density at radius 1 is 0.710 bits per heavy atom. The van der Waals surface area contributed by atoms with Crippen molar-refractivity contribution in [1.82, 2.24) is 0 Å². The number of carbonyl (C=O) groups excluding carboxylic acids is 3. The van der Waals surface area contributed by atoms with Crippen molar-refractivity contribution in [1.29, 1.82) is 0 Å². The summed E-state index contributed by atoms with van der Waals surface area (Å²) < 4.78 is 42.1. The van der Waals surface area contributed by atoms with Gasteiger partial charge in [-0.05, 0) is 124 Å². The van der Waals surface area contributed by atoms with Gasteiger partial charge in [0.2, 0.25) is 0 Å². The number of carbonyl (C=O) groups is 4. The minimum atomic E-state index is -1.55. The van der Waals surface area contributed by atoms with Gasteiger partial charge in [0, 0.05) is 26.2 Å². The molecule has 7 fully saturated rings. The van der Waals surface area contributed by atoms with E-state index in [0.29, 0.717) is 25.2 Å². The molecule has 2 saturated heterocycles. The first-order valence-electron chi connectivity index (χ1n) is 22.9. The number of carboxylic acids is 1. The fourth-order valence-corrected chi connectivity index (χ4v) is 15.1. The minimum Gasteiger partial charge on any atom is -0.481 e. The molecule has 62 heavy (non-hydrogen) atoms. The molecule has 20 atom stereocenters. The highest BCUT2D eigenvalue weighted by molar-refractivity contribution is 5.76. The summed E-state index contributed by atoms with van der Waals surface area (Å²) in [6.07, 6.45) is -4.69. The molecule has 7 aliphatic rings. The highest BCUT2D eigenvalue weighted by Gasteiger charge is 2.73. The van der Waals surface area contributed by atoms with Gasteiger partial charge in [-0.1, -0.05) is 39.8 Å². The average molecular weight is 877 g/mol. The van der Waals surface area contributed by atoms with Gasteiger partial charge in [-0.2, -0.15) is 0 Å². The SMILES string of the molecule is C=C(C)[C@@H]1CC[C@]2(C(=O)O)CC[C@]3(C)C(CCC4[C@@]5(C)CC[C@H](O[C@@H]6OC[C@H](O)[C@H](O)[C@H]6O[C@@H]6O[C@@H](C)[C@H](O)[C@@H](OC(C)=O)[C@H]6OC(C)=O)[C@@](C)(COC(C)=O)C5CC[C@]43C)C12. The molecule has 0 spiro atoms. The van der Waals surface area contributed by atoms with Crippen molar-refractivity contribution in [3.63, 3.8) is 0 Å². The molecule has 2 heterocycles. The van der Waals surface area contributed by atoms with Crippen molar-refractivity contribution >= 4 is 23.9 Å². The molecule has 4 N–H and O–H groups in total. The van der Waals surface area contributed by atoms with Crippen LogP contribution in [0.4, 0.5) is 0 Å². The standard InChI is InChI=1S/C47H72O15/c1-23(2)28-13-18-47(42(54)55)20-19-45(9)29(34(28)47)11-12-32-43(7)16-15-33(44(8,22-57-25(4)48)31(43)14-17-46(32,45)10)61-40-38(36(53)30(51)21-56-40)62-41-39(60-27(6)50)37(59-26(5)49)35(52)24(3)58-41/h24,28-41,51-53H,1,11-22H2,2-10H3,(H,54,55)/t24-,28-,29?,30-,31?,32?,33-,34?,35-,36-,37+,38+,39+,40-,41-,43-,44-,45+,46+,47-/m0/s1. The van der Waals surface area contributed by atoms with Crippen LogP contribution in [-0.2, 0) is 52.3 Å². The van der Waals surface area contributed by atoms with E-state index < -0.39 is 96.1 Å². The van der Waals surface area contributed by atoms with E-state index in [4.69, 9.17) is 33.2 Å². The number of ether oxygens (including phenoxy) is 7. The van der Waals surface area contributed by atoms with Crippen LogP contribution in [0.5, 0.6) is 0 Å². The van der Waals surface area contributed by atoms with E-state index in [9.17, 15) is 39.6 Å². The molecule has 350 valence electrons. The molecule has 4 unspecified atom stereocenters. The van der Waals surface area contributed by atoms with Crippen LogP contribution in [0.25, 0.3) is 0 Å². The van der Waals surface area contributed by atoms with Crippen LogP contribution in [0.15, 0.2) is 12.2 Å². The number of fused-ring (bicyclic) bond motifs is 7. The number of carboxylic acid groups (broad SMARTS) is 1. The normalized spacial score (nSPS) is 49.8. The topological polar surface area (TPSA) is 214 Å². The lowest BCUT2D eigenvalue weighted by molar-refractivity contribution is -0.366. The Morgan fingerprint density at radius 2 is 1.39 bits per heavy atom. The van der Waals surface area contributed by atoms with E-state index in [0.717, 1.165) is 64.4 Å². The summed E-state index contributed by atoms with van der Waals surface area (Å²) in [4.78, 5) is 50.1. The molecule has 5 saturated carbocycles. The fraction of sp³-hybridized carbons (Fsp3) is 0.872. The van der Waals surface area contributed by atoms with E-state index in [1.54, 1.807) is 0 Å². The first-order chi connectivity index (χ1) is 28.9. The van der Waals surface area contributed by atoms with E-state index in [1.165, 1.54) is 13.8 Å². The first kappa shape index (κ1) is 47.3. The third-order valence-corrected chi connectivity index (χ3v) is 18.2. The third-order valence-electron chi connectivity index (χ3n) is 18.2. The number of esters is 3. The van der Waals surface area contributed by atoms with Crippen molar-refractivity contribution < 1.29 is 72.8 Å². The smallest absolute Gasteiger partial charge is 0.309 e. The van der Waals surface area contributed by atoms with Crippen LogP contribution in [-0.4, -0.2) is 119 Å². The molecule has 0 bridgehead atoms. The van der Waals surface area contributed by atoms with Crippen molar-refractivity contribution in [2.24, 2.45) is 56.7 Å². The summed E-state index contributed by atoms with van der Waals surface area (Å²) in [7, 11) is 0. The molecule has 5 aliphatic carbocycles. The highest BCUT2D eigenvalue weighted by Crippen LogP contribution is 2.77. The summed E-state index contributed by atoms with van der Waals surface area (Å²) in [6, 6.07) is 0. The molecule has 0 radical (unpaired) electrons. The van der Waals surface area contributed by atoms with Crippen molar-refractivity contribution in [3.8, 4) is 0 Å². The lowest BCUT2D eigenvalue weighted by Crippen LogP contribution is -2.68. The summed E-state index contributed by atoms with van der Waals surface area (Å²) in [5.41, 5.74) is -0.726. The number of hydrogen-bond donors (Lipinski definition) is 4. The average Bonchev–Trinajstić information content (AvgIpc) is 3.60. The van der Waals surface area contributed by atoms with Crippen LogP contribution in [0.3, 0.4) is 0 Å². The second-order valence-corrected chi connectivity index (χ2v) is 21.3. The number of aliphatic hydroxyl groups is 3. The maximum Gasteiger partial charge on any atom is 0.309 e. The van der Waals surface area contributed by atoms with Gasteiger partial charge in [0.25, 0.3) is 0 Å². The van der Waals surface area contributed by atoms with E-state index in [2.05, 4.69) is 41.2 Å². The predicted octanol–water partition coefficient (Wildman–Crippen LogP) is 5.09. The Labute approximate surface area is 365 Å². The maximum absolute atomic E-state index is 13.2. The molecule has 0 aromatic carbocycles. The van der Waals surface area contributed by atoms with E-state index >= 15 is 0 Å². The zero-order chi connectivity index (χ0) is 45.5. The molecule has 2 aliphatic heterocycles. The van der Waals surface area contributed by atoms with Crippen molar-refractivity contribution in [2.45, 2.75) is 188 Å². The second-order valence-electron chi connectivity index (χ2n) is 21.3. The monoisotopic (exact) mass is 876 g/mol. The van der Waals surface area contributed by atoms with Crippen LogP contribution in [0, 0.1) is 56.7 Å². The predicted molar refractivity (Wildman–Crippen MR) is 221 cm³/mol. The number of aliphatic hydroxyl groups excluding tert-OH is 3. The van der Waals surface area contributed by atoms with Crippen LogP contribution in [0.1, 0.15) is 127 Å². The molecule has 0 amide bonds. The summed E-state index contributed by atoms with van der Waals surface area (Å²) in [6.45, 7) is 20.9.